The normalized spacial score (nSPS) is 15.6. The molecule has 0 aliphatic carbocycles. The van der Waals surface area contributed by atoms with E-state index in [0.29, 0.717) is 0 Å². The molecule has 0 saturated carbocycles. The van der Waals surface area contributed by atoms with E-state index in [-0.39, 0.29) is 5.92 Å². The minimum absolute atomic E-state index is 0.154. The number of anilines is 1. The predicted molar refractivity (Wildman–Crippen MR) is 214 cm³/mol. The summed E-state index contributed by atoms with van der Waals surface area (Å²) in [6, 6.07) is 30.6. The number of hydrogen-bond donors (Lipinski definition) is 1. The van der Waals surface area contributed by atoms with Crippen LogP contribution in [0.15, 0.2) is 170 Å². The molecule has 1 aliphatic rings. The zero-order valence-electron chi connectivity index (χ0n) is 29.6. The van der Waals surface area contributed by atoms with E-state index < -0.39 is 0 Å². The number of hydrogen-bond acceptors (Lipinski definition) is 2. The maximum Gasteiger partial charge on any atom is 0.0465 e. The molecule has 2 N–H and O–H groups in total. The molecule has 2 nitrogen and oxygen atoms in total. The minimum atomic E-state index is 0.154. The highest BCUT2D eigenvalue weighted by Crippen LogP contribution is 2.45. The maximum atomic E-state index is 5.99. The van der Waals surface area contributed by atoms with E-state index in [1.807, 2.05) is 32.9 Å². The molecule has 4 aromatic carbocycles. The van der Waals surface area contributed by atoms with Crippen molar-refractivity contribution in [2.24, 2.45) is 5.73 Å². The fourth-order valence-corrected chi connectivity index (χ4v) is 6.68. The fourth-order valence-electron chi connectivity index (χ4n) is 6.68. The first-order valence-corrected chi connectivity index (χ1v) is 17.0. The minimum Gasteiger partial charge on any atom is -0.404 e. The molecule has 0 bridgehead atoms. The molecule has 0 fully saturated rings. The van der Waals surface area contributed by atoms with Crippen molar-refractivity contribution in [2.45, 2.75) is 53.9 Å². The summed E-state index contributed by atoms with van der Waals surface area (Å²) in [7, 11) is 0. The van der Waals surface area contributed by atoms with Gasteiger partial charge in [0.05, 0.1) is 0 Å². The lowest BCUT2D eigenvalue weighted by Crippen LogP contribution is -2.20. The van der Waals surface area contributed by atoms with Crippen LogP contribution in [-0.2, 0) is 0 Å². The Bertz CT molecular complexity index is 1960. The van der Waals surface area contributed by atoms with Gasteiger partial charge in [-0.15, -0.1) is 0 Å². The Labute approximate surface area is 289 Å². The van der Waals surface area contributed by atoms with Gasteiger partial charge in [0.25, 0.3) is 0 Å². The van der Waals surface area contributed by atoms with E-state index in [1.165, 1.54) is 38.6 Å². The summed E-state index contributed by atoms with van der Waals surface area (Å²) in [5, 5.41) is 2.44. The molecule has 0 saturated heterocycles. The molecule has 0 radical (unpaired) electrons. The third-order valence-corrected chi connectivity index (χ3v) is 8.98. The summed E-state index contributed by atoms with van der Waals surface area (Å²) < 4.78 is 0. The second kappa shape index (κ2) is 16.5. The van der Waals surface area contributed by atoms with Crippen LogP contribution in [0.1, 0.15) is 70.6 Å². The third kappa shape index (κ3) is 6.99. The van der Waals surface area contributed by atoms with Gasteiger partial charge in [-0.05, 0) is 99.9 Å². The van der Waals surface area contributed by atoms with Gasteiger partial charge in [-0.1, -0.05) is 145 Å². The molecule has 5 rings (SSSR count). The van der Waals surface area contributed by atoms with Crippen LogP contribution in [0, 0.1) is 0 Å². The van der Waals surface area contributed by atoms with Gasteiger partial charge in [-0.25, -0.2) is 0 Å². The Morgan fingerprint density at radius 3 is 2.19 bits per heavy atom. The summed E-state index contributed by atoms with van der Waals surface area (Å²) in [6.07, 6.45) is 14.7. The van der Waals surface area contributed by atoms with Crippen LogP contribution in [0.4, 0.5) is 5.69 Å². The van der Waals surface area contributed by atoms with Crippen LogP contribution >= 0.6 is 0 Å². The highest BCUT2D eigenvalue weighted by molar-refractivity contribution is 6.04. The zero-order chi connectivity index (χ0) is 34.8. The van der Waals surface area contributed by atoms with Gasteiger partial charge in [0, 0.05) is 34.8 Å². The molecule has 1 aliphatic heterocycles. The lowest BCUT2D eigenvalue weighted by atomic mass is 9.84. The lowest BCUT2D eigenvalue weighted by molar-refractivity contribution is 0.826. The summed E-state index contributed by atoms with van der Waals surface area (Å²) in [5.74, 6) is 0.154. The highest BCUT2D eigenvalue weighted by atomic mass is 15.2. The van der Waals surface area contributed by atoms with Crippen molar-refractivity contribution >= 4 is 27.7 Å². The van der Waals surface area contributed by atoms with Gasteiger partial charge in [-0.3, -0.25) is 0 Å². The van der Waals surface area contributed by atoms with Gasteiger partial charge in [-0.2, -0.15) is 0 Å². The Morgan fingerprint density at radius 2 is 1.56 bits per heavy atom. The molecule has 1 atom stereocenters. The van der Waals surface area contributed by atoms with Gasteiger partial charge in [0.2, 0.25) is 0 Å². The maximum absolute atomic E-state index is 5.99. The first-order valence-electron chi connectivity index (χ1n) is 17.0. The summed E-state index contributed by atoms with van der Waals surface area (Å²) in [5.41, 5.74) is 19.6. The van der Waals surface area contributed by atoms with Crippen LogP contribution in [0.3, 0.4) is 0 Å². The quantitative estimate of drug-likeness (QED) is 0.186. The third-order valence-electron chi connectivity index (χ3n) is 8.98. The molecule has 2 heteroatoms. The Balaban J connectivity index is 0.00000255. The molecule has 0 amide bonds. The molecular weight excluding hydrogens is 581 g/mol. The number of benzene rings is 4. The van der Waals surface area contributed by atoms with Gasteiger partial charge in [0.1, 0.15) is 0 Å². The lowest BCUT2D eigenvalue weighted by Gasteiger charge is -2.29. The van der Waals surface area contributed by atoms with Crippen LogP contribution in [0.2, 0.25) is 0 Å². The molecular formula is C46H50N2. The number of allylic oxidation sites excluding steroid dienone is 10. The second-order valence-electron chi connectivity index (χ2n) is 11.6. The highest BCUT2D eigenvalue weighted by Gasteiger charge is 2.29. The topological polar surface area (TPSA) is 29.3 Å². The van der Waals surface area contributed by atoms with Crippen molar-refractivity contribution < 1.29 is 0 Å². The van der Waals surface area contributed by atoms with E-state index in [2.05, 4.69) is 148 Å². The molecule has 48 heavy (non-hydrogen) atoms. The summed E-state index contributed by atoms with van der Waals surface area (Å²) >= 11 is 0. The van der Waals surface area contributed by atoms with Crippen LogP contribution in [-0.4, -0.2) is 0 Å². The number of para-hydroxylation sites is 1. The van der Waals surface area contributed by atoms with Gasteiger partial charge in [0.15, 0.2) is 0 Å². The summed E-state index contributed by atoms with van der Waals surface area (Å²) in [6.45, 7) is 25.4. The standard InChI is InChI=1S/C44H44N2.C2H6/c1-8-17-34(18-9-2)39-25-26-40(42-22-16-15-21-41(39)42)35-23-24-38-32(7)46(36-19-13-12-14-20-36)44(27-30(5)33(10-3)29-45)37(11-4)31(6)43(38)28-35;1-2/h8-10,12-29,31H,1,3,7,11,45H2,2,4-6H3;1-2H3/b18-9-,30-27+,33-29+,34-17+;. The van der Waals surface area contributed by atoms with Crippen molar-refractivity contribution in [3.8, 4) is 11.1 Å². The summed E-state index contributed by atoms with van der Waals surface area (Å²) in [4.78, 5) is 2.31. The fraction of sp³-hybridized carbons (Fsp3) is 0.174. The zero-order valence-corrected chi connectivity index (χ0v) is 29.6. The molecule has 244 valence electrons. The molecule has 0 aromatic heterocycles. The molecule has 1 unspecified atom stereocenters. The first kappa shape index (κ1) is 35.5. The van der Waals surface area contributed by atoms with E-state index in [0.717, 1.165) is 45.8 Å². The number of fused-ring (bicyclic) bond motifs is 2. The predicted octanol–water partition coefficient (Wildman–Crippen LogP) is 12.9. The van der Waals surface area contributed by atoms with Crippen molar-refractivity contribution in [3.63, 3.8) is 0 Å². The van der Waals surface area contributed by atoms with E-state index >= 15 is 0 Å². The van der Waals surface area contributed by atoms with Gasteiger partial charge >= 0.3 is 0 Å². The van der Waals surface area contributed by atoms with Crippen LogP contribution in [0.5, 0.6) is 0 Å². The Hall–Kier alpha value is -5.34. The molecule has 0 spiro atoms. The Kier molecular flexibility index (Phi) is 12.2. The number of nitrogens with two attached hydrogens (primary N) is 1. The molecule has 4 aromatic rings. The van der Waals surface area contributed by atoms with Crippen molar-refractivity contribution in [3.05, 3.63) is 186 Å². The number of rotatable bonds is 9. The number of nitrogens with zero attached hydrogens (tertiary/aromatic N) is 1. The smallest absolute Gasteiger partial charge is 0.0465 e. The van der Waals surface area contributed by atoms with Crippen molar-refractivity contribution in [1.29, 1.82) is 0 Å². The average molecular weight is 631 g/mol. The van der Waals surface area contributed by atoms with Crippen LogP contribution in [0.25, 0.3) is 33.2 Å². The van der Waals surface area contributed by atoms with Crippen molar-refractivity contribution in [1.82, 2.24) is 0 Å². The van der Waals surface area contributed by atoms with Crippen molar-refractivity contribution in [2.75, 3.05) is 4.90 Å². The average Bonchev–Trinajstić information content (AvgIpc) is 3.20. The van der Waals surface area contributed by atoms with Gasteiger partial charge < -0.3 is 10.6 Å². The second-order valence-corrected chi connectivity index (χ2v) is 11.6. The van der Waals surface area contributed by atoms with Crippen LogP contribution < -0.4 is 10.6 Å². The SMILES string of the molecule is C=C/C=C(\C=C/C)c1ccc(-c2ccc3c(c2)C(C)C(CC)=C(/C=C(C)/C(C=C)=C/N)N(c2ccccc2)C3=C)c2ccccc12.CC. The first-order chi connectivity index (χ1) is 23.4. The largest absolute Gasteiger partial charge is 0.404 e. The van der Waals surface area contributed by atoms with E-state index in [9.17, 15) is 0 Å². The van der Waals surface area contributed by atoms with E-state index in [4.69, 9.17) is 12.3 Å². The Morgan fingerprint density at radius 1 is 0.896 bits per heavy atom. The molecule has 1 heterocycles. The monoisotopic (exact) mass is 630 g/mol. The van der Waals surface area contributed by atoms with E-state index in [1.54, 1.807) is 6.20 Å².